The van der Waals surface area contributed by atoms with Crippen LogP contribution in [0.25, 0.3) is 11.0 Å². The molecule has 2 atom stereocenters. The molecule has 3 nitrogen and oxygen atoms in total. The van der Waals surface area contributed by atoms with Crippen LogP contribution in [0.5, 0.6) is 0 Å². The summed E-state index contributed by atoms with van der Waals surface area (Å²) in [5.41, 5.74) is 9.65. The fraction of sp³-hybridized carbons (Fsp3) is 0.533. The fourth-order valence-corrected chi connectivity index (χ4v) is 4.20. The van der Waals surface area contributed by atoms with Crippen LogP contribution in [0.4, 0.5) is 5.95 Å². The van der Waals surface area contributed by atoms with Crippen LogP contribution in [0, 0.1) is 6.92 Å². The van der Waals surface area contributed by atoms with Gasteiger partial charge in [0.2, 0.25) is 5.95 Å². The standard InChI is InChI=1S/C15H21N3S/c1-10-7-8-12-11(9-10)17-15(16)18(12)13-5-3-4-6-14(13)19-2/h7-9,13-14H,3-6H2,1-2H3,(H2,16,17). The number of hydrogen-bond donors (Lipinski definition) is 1. The van der Waals surface area contributed by atoms with Crippen molar-refractivity contribution in [3.8, 4) is 0 Å². The number of nitrogens with two attached hydrogens (primary N) is 1. The Bertz CT molecular complexity index is 590. The minimum atomic E-state index is 0.497. The van der Waals surface area contributed by atoms with Crippen molar-refractivity contribution in [1.29, 1.82) is 0 Å². The van der Waals surface area contributed by atoms with Crippen LogP contribution >= 0.6 is 11.8 Å². The van der Waals surface area contributed by atoms with Crippen molar-refractivity contribution in [3.05, 3.63) is 23.8 Å². The molecule has 0 amide bonds. The van der Waals surface area contributed by atoms with Crippen molar-refractivity contribution in [1.82, 2.24) is 9.55 Å². The van der Waals surface area contributed by atoms with Gasteiger partial charge in [-0.1, -0.05) is 18.9 Å². The number of imidazole rings is 1. The van der Waals surface area contributed by atoms with E-state index in [2.05, 4.69) is 40.9 Å². The SMILES string of the molecule is CSC1CCCCC1n1c(N)nc2cc(C)ccc21. The van der Waals surface area contributed by atoms with Gasteiger partial charge in [-0.2, -0.15) is 11.8 Å². The molecule has 0 radical (unpaired) electrons. The van der Waals surface area contributed by atoms with Gasteiger partial charge in [0.15, 0.2) is 0 Å². The zero-order chi connectivity index (χ0) is 13.4. The van der Waals surface area contributed by atoms with E-state index < -0.39 is 0 Å². The molecule has 4 heteroatoms. The highest BCUT2D eigenvalue weighted by atomic mass is 32.2. The van der Waals surface area contributed by atoms with Crippen LogP contribution in [0.3, 0.4) is 0 Å². The predicted molar refractivity (Wildman–Crippen MR) is 83.7 cm³/mol. The van der Waals surface area contributed by atoms with Crippen molar-refractivity contribution in [2.75, 3.05) is 12.0 Å². The number of thioether (sulfide) groups is 1. The summed E-state index contributed by atoms with van der Waals surface area (Å²) >= 11 is 1.97. The number of nitrogen functional groups attached to an aromatic ring is 1. The molecule has 0 aliphatic heterocycles. The lowest BCUT2D eigenvalue weighted by molar-refractivity contribution is 0.374. The Morgan fingerprint density at radius 3 is 2.89 bits per heavy atom. The predicted octanol–water partition coefficient (Wildman–Crippen LogP) is 3.77. The topological polar surface area (TPSA) is 43.8 Å². The highest BCUT2D eigenvalue weighted by molar-refractivity contribution is 7.99. The zero-order valence-corrected chi connectivity index (χ0v) is 12.4. The highest BCUT2D eigenvalue weighted by Crippen LogP contribution is 2.38. The third kappa shape index (κ3) is 2.22. The van der Waals surface area contributed by atoms with Gasteiger partial charge in [-0.15, -0.1) is 0 Å². The smallest absolute Gasteiger partial charge is 0.201 e. The maximum absolute atomic E-state index is 6.19. The summed E-state index contributed by atoms with van der Waals surface area (Å²) in [5, 5.41) is 0.662. The average molecular weight is 275 g/mol. The molecule has 19 heavy (non-hydrogen) atoms. The van der Waals surface area contributed by atoms with E-state index >= 15 is 0 Å². The van der Waals surface area contributed by atoms with Gasteiger partial charge in [-0.25, -0.2) is 4.98 Å². The number of rotatable bonds is 2. The number of nitrogens with zero attached hydrogens (tertiary/aromatic N) is 2. The molecule has 1 aromatic heterocycles. The minimum absolute atomic E-state index is 0.497. The van der Waals surface area contributed by atoms with Crippen LogP contribution in [-0.2, 0) is 0 Å². The van der Waals surface area contributed by atoms with E-state index in [1.807, 2.05) is 11.8 Å². The number of aryl methyl sites for hydroxylation is 1. The Morgan fingerprint density at radius 1 is 1.32 bits per heavy atom. The second-order valence-electron chi connectivity index (χ2n) is 5.46. The van der Waals surface area contributed by atoms with Crippen LogP contribution in [0.15, 0.2) is 18.2 Å². The van der Waals surface area contributed by atoms with Gasteiger partial charge >= 0.3 is 0 Å². The molecule has 102 valence electrons. The monoisotopic (exact) mass is 275 g/mol. The first kappa shape index (κ1) is 12.9. The van der Waals surface area contributed by atoms with E-state index in [1.54, 1.807) is 0 Å². The molecule has 1 aliphatic rings. The summed E-state index contributed by atoms with van der Waals surface area (Å²) in [5.74, 6) is 0.673. The Morgan fingerprint density at radius 2 is 2.11 bits per heavy atom. The summed E-state index contributed by atoms with van der Waals surface area (Å²) < 4.78 is 2.27. The molecule has 1 aliphatic carbocycles. The molecule has 1 aromatic carbocycles. The third-order valence-corrected chi connectivity index (χ3v) is 5.33. The maximum Gasteiger partial charge on any atom is 0.201 e. The molecule has 1 saturated carbocycles. The van der Waals surface area contributed by atoms with E-state index in [9.17, 15) is 0 Å². The van der Waals surface area contributed by atoms with Gasteiger partial charge in [0.1, 0.15) is 0 Å². The van der Waals surface area contributed by atoms with E-state index in [-0.39, 0.29) is 0 Å². The Balaban J connectivity index is 2.10. The molecular weight excluding hydrogens is 254 g/mol. The molecule has 3 rings (SSSR count). The first-order chi connectivity index (χ1) is 9.20. The summed E-state index contributed by atoms with van der Waals surface area (Å²) in [6.45, 7) is 2.10. The lowest BCUT2D eigenvalue weighted by atomic mass is 9.94. The number of anilines is 1. The van der Waals surface area contributed by atoms with Gasteiger partial charge in [-0.3, -0.25) is 0 Å². The van der Waals surface area contributed by atoms with E-state index in [0.29, 0.717) is 17.2 Å². The Kier molecular flexibility index (Phi) is 3.44. The van der Waals surface area contributed by atoms with E-state index in [1.165, 1.54) is 36.8 Å². The number of benzene rings is 1. The van der Waals surface area contributed by atoms with Crippen LogP contribution in [0.1, 0.15) is 37.3 Å². The second kappa shape index (κ2) is 5.08. The average Bonchev–Trinajstić information content (AvgIpc) is 2.73. The Hall–Kier alpha value is -1.16. The van der Waals surface area contributed by atoms with Gasteiger partial charge < -0.3 is 10.3 Å². The fourth-order valence-electron chi connectivity index (χ4n) is 3.22. The largest absolute Gasteiger partial charge is 0.369 e. The van der Waals surface area contributed by atoms with Gasteiger partial charge in [0.25, 0.3) is 0 Å². The zero-order valence-electron chi connectivity index (χ0n) is 11.6. The number of hydrogen-bond acceptors (Lipinski definition) is 3. The van der Waals surface area contributed by atoms with Crippen molar-refractivity contribution in [2.45, 2.75) is 43.9 Å². The summed E-state index contributed by atoms with van der Waals surface area (Å²) in [6, 6.07) is 6.94. The molecule has 2 N–H and O–H groups in total. The first-order valence-corrected chi connectivity index (χ1v) is 8.26. The third-order valence-electron chi connectivity index (χ3n) is 4.17. The summed E-state index contributed by atoms with van der Waals surface area (Å²) in [7, 11) is 0. The molecule has 0 spiro atoms. The first-order valence-electron chi connectivity index (χ1n) is 6.97. The molecule has 1 heterocycles. The molecule has 2 unspecified atom stereocenters. The maximum atomic E-state index is 6.19. The highest BCUT2D eigenvalue weighted by Gasteiger charge is 2.28. The normalized spacial score (nSPS) is 23.9. The molecule has 0 bridgehead atoms. The van der Waals surface area contributed by atoms with E-state index in [4.69, 9.17) is 5.73 Å². The molecule has 1 fully saturated rings. The molecule has 0 saturated heterocycles. The summed E-state index contributed by atoms with van der Waals surface area (Å²) in [6.07, 6.45) is 7.36. The second-order valence-corrected chi connectivity index (χ2v) is 6.54. The van der Waals surface area contributed by atoms with E-state index in [0.717, 1.165) is 5.52 Å². The van der Waals surface area contributed by atoms with Crippen LogP contribution < -0.4 is 5.73 Å². The lowest BCUT2D eigenvalue weighted by Gasteiger charge is -2.32. The van der Waals surface area contributed by atoms with Gasteiger partial charge in [0, 0.05) is 11.3 Å². The van der Waals surface area contributed by atoms with Gasteiger partial charge in [0.05, 0.1) is 11.0 Å². The lowest BCUT2D eigenvalue weighted by Crippen LogP contribution is -2.26. The van der Waals surface area contributed by atoms with Crippen LogP contribution in [0.2, 0.25) is 0 Å². The molecular formula is C15H21N3S. The quantitative estimate of drug-likeness (QED) is 0.907. The minimum Gasteiger partial charge on any atom is -0.369 e. The van der Waals surface area contributed by atoms with Crippen molar-refractivity contribution >= 4 is 28.7 Å². The van der Waals surface area contributed by atoms with Gasteiger partial charge in [-0.05, 0) is 43.7 Å². The number of fused-ring (bicyclic) bond motifs is 1. The number of aromatic nitrogens is 2. The van der Waals surface area contributed by atoms with Crippen molar-refractivity contribution in [3.63, 3.8) is 0 Å². The van der Waals surface area contributed by atoms with Crippen molar-refractivity contribution in [2.24, 2.45) is 0 Å². The Labute approximate surface area is 118 Å². The molecule has 2 aromatic rings. The van der Waals surface area contributed by atoms with Crippen LogP contribution in [-0.4, -0.2) is 21.1 Å². The summed E-state index contributed by atoms with van der Waals surface area (Å²) in [4.78, 5) is 4.55. The van der Waals surface area contributed by atoms with Crippen molar-refractivity contribution < 1.29 is 0 Å².